The maximum absolute atomic E-state index is 11.3. The van der Waals surface area contributed by atoms with Gasteiger partial charge in [-0.1, -0.05) is 54.6 Å². The number of carbonyl (C=O) groups is 1. The summed E-state index contributed by atoms with van der Waals surface area (Å²) in [5, 5.41) is 12.3. The van der Waals surface area contributed by atoms with Gasteiger partial charge in [-0.05, 0) is 12.0 Å². The molecule has 1 aromatic rings. The molecule has 2 rings (SSSR count). The van der Waals surface area contributed by atoms with Crippen molar-refractivity contribution in [3.8, 4) is 0 Å². The molecule has 3 heteroatoms. The molecule has 0 saturated heterocycles. The Morgan fingerprint density at radius 3 is 2.47 bits per heavy atom. The third-order valence-corrected chi connectivity index (χ3v) is 2.70. The number of carboxylic acid groups (broad SMARTS) is 1. The lowest BCUT2D eigenvalue weighted by Gasteiger charge is -2.20. The van der Waals surface area contributed by atoms with Gasteiger partial charge in [-0.2, -0.15) is 0 Å². The summed E-state index contributed by atoms with van der Waals surface area (Å²) >= 11 is 0. The fourth-order valence-corrected chi connectivity index (χ4v) is 1.85. The van der Waals surface area contributed by atoms with Crippen molar-refractivity contribution in [1.82, 2.24) is 5.32 Å². The Morgan fingerprint density at radius 1 is 1.24 bits per heavy atom. The van der Waals surface area contributed by atoms with Crippen LogP contribution >= 0.6 is 0 Å². The van der Waals surface area contributed by atoms with Crippen LogP contribution in [0.5, 0.6) is 0 Å². The van der Waals surface area contributed by atoms with Crippen molar-refractivity contribution in [2.24, 2.45) is 0 Å². The molecule has 0 bridgehead atoms. The van der Waals surface area contributed by atoms with Crippen LogP contribution in [-0.2, 0) is 4.79 Å². The van der Waals surface area contributed by atoms with E-state index in [1.54, 1.807) is 0 Å². The summed E-state index contributed by atoms with van der Waals surface area (Å²) < 4.78 is 0. The first-order valence-electron chi connectivity index (χ1n) is 5.64. The molecular weight excluding hydrogens is 214 g/mol. The number of aliphatic carboxylic acids is 1. The first-order valence-corrected chi connectivity index (χ1v) is 5.64. The summed E-state index contributed by atoms with van der Waals surface area (Å²) in [6.45, 7) is 0. The van der Waals surface area contributed by atoms with E-state index in [2.05, 4.69) is 5.32 Å². The second-order valence-corrected chi connectivity index (χ2v) is 3.97. The van der Waals surface area contributed by atoms with Crippen molar-refractivity contribution >= 4 is 5.97 Å². The Morgan fingerprint density at radius 2 is 1.88 bits per heavy atom. The predicted octanol–water partition coefficient (Wildman–Crippen LogP) is 2.29. The third-order valence-electron chi connectivity index (χ3n) is 2.70. The van der Waals surface area contributed by atoms with Crippen LogP contribution in [-0.4, -0.2) is 17.1 Å². The largest absolute Gasteiger partial charge is 0.480 e. The molecule has 0 aliphatic heterocycles. The van der Waals surface area contributed by atoms with Gasteiger partial charge >= 0.3 is 5.97 Å². The van der Waals surface area contributed by atoms with Crippen LogP contribution in [0.25, 0.3) is 0 Å². The average molecular weight is 229 g/mol. The topological polar surface area (TPSA) is 49.3 Å². The van der Waals surface area contributed by atoms with Crippen molar-refractivity contribution < 1.29 is 9.90 Å². The second kappa shape index (κ2) is 5.46. The Kier molecular flexibility index (Phi) is 3.73. The Bertz CT molecular complexity index is 425. The van der Waals surface area contributed by atoms with E-state index in [9.17, 15) is 9.90 Å². The zero-order valence-corrected chi connectivity index (χ0v) is 9.41. The first-order chi connectivity index (χ1) is 8.27. The number of hydrogen-bond donors (Lipinski definition) is 2. The number of nitrogens with one attached hydrogen (secondary N) is 1. The normalized spacial score (nSPS) is 16.9. The van der Waals surface area contributed by atoms with Gasteiger partial charge in [0, 0.05) is 6.04 Å². The highest BCUT2D eigenvalue weighted by Gasteiger charge is 2.21. The molecule has 0 aromatic heterocycles. The van der Waals surface area contributed by atoms with Crippen molar-refractivity contribution in [2.75, 3.05) is 0 Å². The SMILES string of the molecule is O=C(O)C(NC1C=CCC=C1)c1ccccc1. The molecule has 0 saturated carbocycles. The van der Waals surface area contributed by atoms with E-state index in [1.165, 1.54) is 0 Å². The summed E-state index contributed by atoms with van der Waals surface area (Å²) in [5.41, 5.74) is 0.771. The third kappa shape index (κ3) is 3.04. The number of allylic oxidation sites excluding steroid dienone is 2. The van der Waals surface area contributed by atoms with Crippen molar-refractivity contribution in [2.45, 2.75) is 18.5 Å². The Balaban J connectivity index is 2.13. The van der Waals surface area contributed by atoms with Crippen LogP contribution in [0, 0.1) is 0 Å². The van der Waals surface area contributed by atoms with E-state index in [4.69, 9.17) is 0 Å². The van der Waals surface area contributed by atoms with Crippen molar-refractivity contribution in [3.05, 3.63) is 60.2 Å². The fourth-order valence-electron chi connectivity index (χ4n) is 1.85. The number of hydrogen-bond acceptors (Lipinski definition) is 2. The zero-order chi connectivity index (χ0) is 12.1. The molecule has 17 heavy (non-hydrogen) atoms. The lowest BCUT2D eigenvalue weighted by atomic mass is 10.0. The molecule has 0 fully saturated rings. The molecule has 1 aliphatic rings. The van der Waals surface area contributed by atoms with Gasteiger partial charge in [0.2, 0.25) is 0 Å². The minimum absolute atomic E-state index is 0.00921. The van der Waals surface area contributed by atoms with Crippen LogP contribution in [0.2, 0.25) is 0 Å². The van der Waals surface area contributed by atoms with Crippen LogP contribution < -0.4 is 5.32 Å². The van der Waals surface area contributed by atoms with Gasteiger partial charge in [0.1, 0.15) is 6.04 Å². The van der Waals surface area contributed by atoms with Gasteiger partial charge in [0.05, 0.1) is 0 Å². The molecule has 1 aromatic carbocycles. The molecular formula is C14H15NO2. The second-order valence-electron chi connectivity index (χ2n) is 3.97. The van der Waals surface area contributed by atoms with E-state index in [1.807, 2.05) is 54.6 Å². The van der Waals surface area contributed by atoms with Crippen molar-refractivity contribution in [1.29, 1.82) is 0 Å². The smallest absolute Gasteiger partial charge is 0.325 e. The lowest BCUT2D eigenvalue weighted by Crippen LogP contribution is -2.35. The highest BCUT2D eigenvalue weighted by atomic mass is 16.4. The monoisotopic (exact) mass is 229 g/mol. The van der Waals surface area contributed by atoms with E-state index in [-0.39, 0.29) is 6.04 Å². The van der Waals surface area contributed by atoms with E-state index < -0.39 is 12.0 Å². The summed E-state index contributed by atoms with van der Waals surface area (Å²) in [6, 6.07) is 8.53. The lowest BCUT2D eigenvalue weighted by molar-refractivity contribution is -0.139. The van der Waals surface area contributed by atoms with Crippen molar-refractivity contribution in [3.63, 3.8) is 0 Å². The van der Waals surface area contributed by atoms with Gasteiger partial charge in [-0.15, -0.1) is 0 Å². The molecule has 0 amide bonds. The summed E-state index contributed by atoms with van der Waals surface area (Å²) in [4.78, 5) is 11.3. The number of rotatable bonds is 4. The first kappa shape index (κ1) is 11.6. The standard InChI is InChI=1S/C14H15NO2/c16-14(17)13(11-7-3-1-4-8-11)15-12-9-5-2-6-10-12/h1,3-10,12-13,15H,2H2,(H,16,17). The van der Waals surface area contributed by atoms with Gasteiger partial charge < -0.3 is 5.11 Å². The minimum atomic E-state index is -0.858. The zero-order valence-electron chi connectivity index (χ0n) is 9.41. The summed E-state index contributed by atoms with van der Waals surface area (Å²) in [5.74, 6) is -0.858. The molecule has 0 heterocycles. The average Bonchev–Trinajstić information content (AvgIpc) is 2.38. The van der Waals surface area contributed by atoms with Crippen LogP contribution in [0.1, 0.15) is 18.0 Å². The van der Waals surface area contributed by atoms with E-state index >= 15 is 0 Å². The molecule has 1 unspecified atom stereocenters. The van der Waals surface area contributed by atoms with Gasteiger partial charge in [0.25, 0.3) is 0 Å². The van der Waals surface area contributed by atoms with Crippen LogP contribution in [0.3, 0.4) is 0 Å². The molecule has 2 N–H and O–H groups in total. The molecule has 1 aliphatic carbocycles. The van der Waals surface area contributed by atoms with E-state index in [0.29, 0.717) is 0 Å². The van der Waals surface area contributed by atoms with Gasteiger partial charge in [0.15, 0.2) is 0 Å². The highest BCUT2D eigenvalue weighted by molar-refractivity contribution is 5.75. The van der Waals surface area contributed by atoms with Gasteiger partial charge in [-0.3, -0.25) is 10.1 Å². The molecule has 3 nitrogen and oxygen atoms in total. The Labute approximate surface area is 100 Å². The van der Waals surface area contributed by atoms with Crippen LogP contribution in [0.15, 0.2) is 54.6 Å². The van der Waals surface area contributed by atoms with Crippen LogP contribution in [0.4, 0.5) is 0 Å². The predicted molar refractivity (Wildman–Crippen MR) is 66.6 cm³/mol. The summed E-state index contributed by atoms with van der Waals surface area (Å²) in [7, 11) is 0. The fraction of sp³-hybridized carbons (Fsp3) is 0.214. The molecule has 88 valence electrons. The molecule has 0 radical (unpaired) electrons. The highest BCUT2D eigenvalue weighted by Crippen LogP contribution is 2.15. The minimum Gasteiger partial charge on any atom is -0.480 e. The maximum Gasteiger partial charge on any atom is 0.325 e. The maximum atomic E-state index is 11.3. The molecule has 0 spiro atoms. The summed E-state index contributed by atoms with van der Waals surface area (Å²) in [6.07, 6.45) is 8.95. The quantitative estimate of drug-likeness (QED) is 0.779. The van der Waals surface area contributed by atoms with Gasteiger partial charge in [-0.25, -0.2) is 0 Å². The number of carboxylic acids is 1. The van der Waals surface area contributed by atoms with E-state index in [0.717, 1.165) is 12.0 Å². The molecule has 1 atom stereocenters. The number of benzene rings is 1. The Hall–Kier alpha value is -1.87.